The second-order valence-corrected chi connectivity index (χ2v) is 6.16. The van der Waals surface area contributed by atoms with Crippen molar-refractivity contribution in [2.75, 3.05) is 0 Å². The van der Waals surface area contributed by atoms with Crippen LogP contribution in [0, 0.1) is 0 Å². The van der Waals surface area contributed by atoms with Gasteiger partial charge in [-0.05, 0) is 41.8 Å². The third kappa shape index (κ3) is 4.18. The summed E-state index contributed by atoms with van der Waals surface area (Å²) in [4.78, 5) is 45.1. The van der Waals surface area contributed by atoms with Crippen LogP contribution in [0.5, 0.6) is 0 Å². The summed E-state index contributed by atoms with van der Waals surface area (Å²) >= 11 is 11.6. The molecular weight excluding hydrogens is 403 g/mol. The lowest BCUT2D eigenvalue weighted by molar-refractivity contribution is 0.0676. The molecule has 0 bridgehead atoms. The molecule has 0 amide bonds. The highest BCUT2D eigenvalue weighted by atomic mass is 35.5. The molecular formula is C17H10Cl2O8. The Balaban J connectivity index is 2.63. The lowest BCUT2D eigenvalue weighted by Gasteiger charge is -2.11. The van der Waals surface area contributed by atoms with Gasteiger partial charge in [-0.25, -0.2) is 19.2 Å². The van der Waals surface area contributed by atoms with E-state index >= 15 is 0 Å². The van der Waals surface area contributed by atoms with Gasteiger partial charge in [0.1, 0.15) is 0 Å². The van der Waals surface area contributed by atoms with Crippen molar-refractivity contribution in [3.8, 4) is 0 Å². The summed E-state index contributed by atoms with van der Waals surface area (Å²) in [5.74, 6) is -5.79. The number of aromatic carboxylic acids is 4. The van der Waals surface area contributed by atoms with Gasteiger partial charge in [-0.1, -0.05) is 23.2 Å². The van der Waals surface area contributed by atoms with Crippen LogP contribution in [-0.2, 0) is 6.42 Å². The maximum absolute atomic E-state index is 11.3. The molecule has 27 heavy (non-hydrogen) atoms. The summed E-state index contributed by atoms with van der Waals surface area (Å²) in [6, 6.07) is 4.53. The highest BCUT2D eigenvalue weighted by Crippen LogP contribution is 2.28. The van der Waals surface area contributed by atoms with Gasteiger partial charge in [0.15, 0.2) is 0 Å². The predicted octanol–water partition coefficient (Wildman–Crippen LogP) is 3.38. The minimum Gasteiger partial charge on any atom is -0.478 e. The molecule has 140 valence electrons. The summed E-state index contributed by atoms with van der Waals surface area (Å²) in [6.07, 6.45) is -0.143. The fourth-order valence-electron chi connectivity index (χ4n) is 2.43. The zero-order chi connectivity index (χ0) is 20.5. The average Bonchev–Trinajstić information content (AvgIpc) is 2.56. The van der Waals surface area contributed by atoms with Gasteiger partial charge < -0.3 is 20.4 Å². The monoisotopic (exact) mass is 412 g/mol. The molecule has 2 rings (SSSR count). The van der Waals surface area contributed by atoms with Crippen LogP contribution in [-0.4, -0.2) is 44.3 Å². The topological polar surface area (TPSA) is 149 Å². The summed E-state index contributed by atoms with van der Waals surface area (Å²) in [6.45, 7) is 0. The molecule has 4 N–H and O–H groups in total. The highest BCUT2D eigenvalue weighted by molar-refractivity contribution is 6.37. The molecule has 0 aliphatic carbocycles. The number of hydrogen-bond acceptors (Lipinski definition) is 4. The predicted molar refractivity (Wildman–Crippen MR) is 93.5 cm³/mol. The molecule has 0 aliphatic rings. The molecule has 0 heterocycles. The zero-order valence-corrected chi connectivity index (χ0v) is 14.7. The summed E-state index contributed by atoms with van der Waals surface area (Å²) in [7, 11) is 0. The van der Waals surface area contributed by atoms with Crippen molar-refractivity contribution in [2.24, 2.45) is 0 Å². The van der Waals surface area contributed by atoms with E-state index in [0.717, 1.165) is 24.3 Å². The van der Waals surface area contributed by atoms with E-state index in [1.54, 1.807) is 0 Å². The Morgan fingerprint density at radius 1 is 0.593 bits per heavy atom. The molecule has 0 aromatic heterocycles. The first-order chi connectivity index (χ1) is 12.5. The molecule has 2 aromatic carbocycles. The number of carboxylic acids is 4. The van der Waals surface area contributed by atoms with E-state index in [4.69, 9.17) is 23.2 Å². The lowest BCUT2D eigenvalue weighted by atomic mass is 9.96. The smallest absolute Gasteiger partial charge is 0.337 e. The normalized spacial score (nSPS) is 10.4. The fourth-order valence-corrected chi connectivity index (χ4v) is 2.97. The molecule has 0 saturated carbocycles. The van der Waals surface area contributed by atoms with Crippen LogP contribution in [0.3, 0.4) is 0 Å². The summed E-state index contributed by atoms with van der Waals surface area (Å²) < 4.78 is 0. The molecule has 0 spiro atoms. The van der Waals surface area contributed by atoms with Crippen LogP contribution in [0.15, 0.2) is 24.3 Å². The van der Waals surface area contributed by atoms with E-state index in [1.165, 1.54) is 0 Å². The van der Waals surface area contributed by atoms with Gasteiger partial charge in [-0.2, -0.15) is 0 Å². The van der Waals surface area contributed by atoms with E-state index in [9.17, 15) is 39.6 Å². The fraction of sp³-hybridized carbons (Fsp3) is 0.0588. The third-order valence-corrected chi connectivity index (χ3v) is 4.41. The van der Waals surface area contributed by atoms with Crippen molar-refractivity contribution in [3.05, 3.63) is 67.7 Å². The van der Waals surface area contributed by atoms with E-state index in [2.05, 4.69) is 0 Å². The molecule has 0 radical (unpaired) electrons. The van der Waals surface area contributed by atoms with Gasteiger partial charge in [0.2, 0.25) is 0 Å². The maximum atomic E-state index is 11.3. The van der Waals surface area contributed by atoms with Crippen molar-refractivity contribution in [1.82, 2.24) is 0 Å². The first kappa shape index (κ1) is 20.2. The van der Waals surface area contributed by atoms with Crippen molar-refractivity contribution < 1.29 is 39.6 Å². The largest absolute Gasteiger partial charge is 0.478 e. The molecule has 0 aliphatic heterocycles. The number of carbonyl (C=O) groups is 4. The Hall–Kier alpha value is -3.10. The molecule has 0 fully saturated rings. The minimum atomic E-state index is -1.45. The van der Waals surface area contributed by atoms with Crippen LogP contribution in [0.4, 0.5) is 0 Å². The Labute approximate surface area is 161 Å². The zero-order valence-electron chi connectivity index (χ0n) is 13.2. The van der Waals surface area contributed by atoms with Crippen molar-refractivity contribution in [2.45, 2.75) is 6.42 Å². The Morgan fingerprint density at radius 2 is 0.815 bits per heavy atom. The Kier molecular flexibility index (Phi) is 5.72. The van der Waals surface area contributed by atoms with Gasteiger partial charge >= 0.3 is 23.9 Å². The van der Waals surface area contributed by atoms with Gasteiger partial charge in [-0.3, -0.25) is 0 Å². The van der Waals surface area contributed by atoms with Gasteiger partial charge in [0.05, 0.1) is 32.3 Å². The van der Waals surface area contributed by atoms with E-state index < -0.39 is 56.2 Å². The van der Waals surface area contributed by atoms with Crippen molar-refractivity contribution >= 4 is 47.1 Å². The summed E-state index contributed by atoms with van der Waals surface area (Å²) in [5.41, 5.74) is -1.42. The van der Waals surface area contributed by atoms with E-state index in [1.807, 2.05) is 0 Å². The third-order valence-electron chi connectivity index (χ3n) is 3.59. The van der Waals surface area contributed by atoms with Crippen LogP contribution in [0.2, 0.25) is 10.0 Å². The molecule has 10 heteroatoms. The van der Waals surface area contributed by atoms with Crippen LogP contribution < -0.4 is 0 Å². The molecule has 8 nitrogen and oxygen atoms in total. The maximum Gasteiger partial charge on any atom is 0.337 e. The number of hydrogen-bond donors (Lipinski definition) is 4. The number of benzene rings is 2. The van der Waals surface area contributed by atoms with Crippen molar-refractivity contribution in [3.63, 3.8) is 0 Å². The quantitative estimate of drug-likeness (QED) is 0.563. The van der Waals surface area contributed by atoms with Crippen LogP contribution in [0.25, 0.3) is 0 Å². The number of carboxylic acid groups (broad SMARTS) is 4. The molecule has 0 atom stereocenters. The van der Waals surface area contributed by atoms with E-state index in [0.29, 0.717) is 0 Å². The van der Waals surface area contributed by atoms with Crippen LogP contribution in [0.1, 0.15) is 52.6 Å². The second kappa shape index (κ2) is 7.65. The van der Waals surface area contributed by atoms with Crippen molar-refractivity contribution in [1.29, 1.82) is 0 Å². The average molecular weight is 413 g/mol. The molecule has 0 saturated heterocycles. The van der Waals surface area contributed by atoms with Crippen LogP contribution >= 0.6 is 23.2 Å². The number of halogens is 2. The highest BCUT2D eigenvalue weighted by Gasteiger charge is 2.21. The molecule has 0 unspecified atom stereocenters. The summed E-state index contributed by atoms with van der Waals surface area (Å²) in [5, 5.41) is 35.8. The van der Waals surface area contributed by atoms with E-state index in [-0.39, 0.29) is 17.5 Å². The number of rotatable bonds is 6. The minimum absolute atomic E-state index is 0.143. The Bertz CT molecular complexity index is 847. The van der Waals surface area contributed by atoms with Gasteiger partial charge in [0, 0.05) is 0 Å². The molecule has 2 aromatic rings. The first-order valence-corrected chi connectivity index (χ1v) is 7.86. The second-order valence-electron chi connectivity index (χ2n) is 5.41. The van der Waals surface area contributed by atoms with Gasteiger partial charge in [0.25, 0.3) is 0 Å². The van der Waals surface area contributed by atoms with Gasteiger partial charge in [-0.15, -0.1) is 0 Å². The first-order valence-electron chi connectivity index (χ1n) is 7.11. The standard InChI is InChI=1S/C17H10Cl2O8/c18-12-8(14(20)21)2-6(3-9(12)15(22)23)1-7-4-10(16(24)25)13(19)11(5-7)17(26)27/h2-5H,1H2,(H,20,21)(H,22,23)(H,24,25)(H,26,27). The lowest BCUT2D eigenvalue weighted by Crippen LogP contribution is -2.09. The SMILES string of the molecule is O=C(O)c1cc(Cc2cc(C(=O)O)c(Cl)c(C(=O)O)c2)cc(C(=O)O)c1Cl. The Morgan fingerprint density at radius 3 is 1.00 bits per heavy atom.